The molecule has 0 aromatic carbocycles. The van der Waals surface area contributed by atoms with Gasteiger partial charge in [-0.3, -0.25) is 10.1 Å². The number of imide groups is 1. The van der Waals surface area contributed by atoms with E-state index < -0.39 is 5.54 Å². The first-order valence-corrected chi connectivity index (χ1v) is 8.47. The van der Waals surface area contributed by atoms with E-state index in [1.807, 2.05) is 4.90 Å². The van der Waals surface area contributed by atoms with Gasteiger partial charge in [-0.05, 0) is 57.7 Å². The molecule has 2 atom stereocenters. The summed E-state index contributed by atoms with van der Waals surface area (Å²) < 4.78 is 0. The van der Waals surface area contributed by atoms with Crippen LogP contribution in [0.3, 0.4) is 0 Å². The molecule has 1 aliphatic carbocycles. The van der Waals surface area contributed by atoms with E-state index in [0.717, 1.165) is 32.2 Å². The van der Waals surface area contributed by atoms with Crippen molar-refractivity contribution in [2.24, 2.45) is 5.92 Å². The lowest BCUT2D eigenvalue weighted by molar-refractivity contribution is -0.129. The molecule has 1 spiro atoms. The Morgan fingerprint density at radius 1 is 1.19 bits per heavy atom. The van der Waals surface area contributed by atoms with Gasteiger partial charge < -0.3 is 9.80 Å². The molecule has 0 bridgehead atoms. The fourth-order valence-corrected chi connectivity index (χ4v) is 4.35. The number of nitrogens with zero attached hydrogens (tertiary/aromatic N) is 2. The Bertz CT molecular complexity index is 420. The van der Waals surface area contributed by atoms with E-state index in [1.165, 1.54) is 32.4 Å². The molecule has 2 unspecified atom stereocenters. The zero-order chi connectivity index (χ0) is 14.9. The Balaban J connectivity index is 1.63. The fraction of sp³-hybridized carbons (Fsp3) is 0.875. The van der Waals surface area contributed by atoms with Crippen LogP contribution >= 0.6 is 0 Å². The molecule has 2 aliphatic heterocycles. The summed E-state index contributed by atoms with van der Waals surface area (Å²) in [5, 5.41) is 2.56. The third-order valence-corrected chi connectivity index (χ3v) is 5.43. The zero-order valence-corrected chi connectivity index (χ0v) is 13.1. The van der Waals surface area contributed by atoms with Gasteiger partial charge in [-0.15, -0.1) is 0 Å². The predicted molar refractivity (Wildman–Crippen MR) is 80.9 cm³/mol. The molecule has 1 N–H and O–H groups in total. The number of carbonyl (C=O) groups excluding carboxylic acids is 2. The third-order valence-electron chi connectivity index (χ3n) is 5.43. The number of nitrogens with one attached hydrogen (secondary N) is 1. The highest BCUT2D eigenvalue weighted by Gasteiger charge is 2.53. The minimum absolute atomic E-state index is 0.0553. The van der Waals surface area contributed by atoms with Crippen molar-refractivity contribution in [1.82, 2.24) is 15.1 Å². The van der Waals surface area contributed by atoms with Crippen LogP contribution in [0, 0.1) is 5.92 Å². The molecule has 3 rings (SSSR count). The van der Waals surface area contributed by atoms with Gasteiger partial charge in [0.2, 0.25) is 0 Å². The molecule has 2 saturated heterocycles. The van der Waals surface area contributed by atoms with Gasteiger partial charge in [-0.1, -0.05) is 19.8 Å². The van der Waals surface area contributed by atoms with E-state index in [0.29, 0.717) is 12.5 Å². The largest absolute Gasteiger partial charge is 0.325 e. The monoisotopic (exact) mass is 293 g/mol. The molecular weight excluding hydrogens is 266 g/mol. The maximum atomic E-state index is 12.4. The summed E-state index contributed by atoms with van der Waals surface area (Å²) in [6.45, 7) is 6.32. The van der Waals surface area contributed by atoms with Gasteiger partial charge in [0.05, 0.1) is 0 Å². The standard InChI is InChI=1S/C16H27N3O2/c1-13-6-4-7-16(12-13)14(20)17-15(21)19(16)11-5-10-18-8-2-3-9-18/h13H,2-12H2,1H3,(H,17,20,21). The highest BCUT2D eigenvalue weighted by molar-refractivity contribution is 6.07. The third kappa shape index (κ3) is 2.80. The van der Waals surface area contributed by atoms with Crippen LogP contribution < -0.4 is 5.32 Å². The minimum Gasteiger partial charge on any atom is -0.310 e. The van der Waals surface area contributed by atoms with E-state index in [-0.39, 0.29) is 11.9 Å². The minimum atomic E-state index is -0.542. The van der Waals surface area contributed by atoms with Crippen molar-refractivity contribution >= 4 is 11.9 Å². The summed E-state index contributed by atoms with van der Waals surface area (Å²) >= 11 is 0. The van der Waals surface area contributed by atoms with Crippen molar-refractivity contribution in [3.8, 4) is 0 Å². The molecule has 0 aromatic rings. The Hall–Kier alpha value is -1.10. The van der Waals surface area contributed by atoms with Gasteiger partial charge >= 0.3 is 6.03 Å². The number of amides is 3. The van der Waals surface area contributed by atoms with Gasteiger partial charge in [-0.25, -0.2) is 4.79 Å². The quantitative estimate of drug-likeness (QED) is 0.806. The Kier molecular flexibility index (Phi) is 4.20. The van der Waals surface area contributed by atoms with Crippen LogP contribution in [0.25, 0.3) is 0 Å². The second kappa shape index (κ2) is 5.95. The molecule has 118 valence electrons. The van der Waals surface area contributed by atoms with Crippen molar-refractivity contribution in [3.05, 3.63) is 0 Å². The predicted octanol–water partition coefficient (Wildman–Crippen LogP) is 1.97. The molecule has 1 saturated carbocycles. The summed E-state index contributed by atoms with van der Waals surface area (Å²) in [6, 6.07) is -0.171. The number of hydrogen-bond acceptors (Lipinski definition) is 3. The number of hydrogen-bond donors (Lipinski definition) is 1. The lowest BCUT2D eigenvalue weighted by Gasteiger charge is -2.40. The lowest BCUT2D eigenvalue weighted by atomic mass is 9.75. The van der Waals surface area contributed by atoms with Crippen LogP contribution in [-0.4, -0.2) is 53.5 Å². The Morgan fingerprint density at radius 3 is 2.67 bits per heavy atom. The summed E-state index contributed by atoms with van der Waals surface area (Å²) in [7, 11) is 0. The second-order valence-electron chi connectivity index (χ2n) is 7.05. The average molecular weight is 293 g/mol. The Morgan fingerprint density at radius 2 is 1.95 bits per heavy atom. The number of carbonyl (C=O) groups is 2. The number of urea groups is 1. The summed E-state index contributed by atoms with van der Waals surface area (Å²) in [6.07, 6.45) is 7.44. The van der Waals surface area contributed by atoms with E-state index in [9.17, 15) is 9.59 Å². The molecule has 5 nitrogen and oxygen atoms in total. The smallest absolute Gasteiger partial charge is 0.310 e. The van der Waals surface area contributed by atoms with Gasteiger partial charge in [0.1, 0.15) is 5.54 Å². The summed E-state index contributed by atoms with van der Waals surface area (Å²) in [5.74, 6) is 0.469. The van der Waals surface area contributed by atoms with Crippen LogP contribution in [0.4, 0.5) is 4.79 Å². The molecular formula is C16H27N3O2. The fourth-order valence-electron chi connectivity index (χ4n) is 4.35. The first-order chi connectivity index (χ1) is 10.1. The molecule has 2 heterocycles. The number of rotatable bonds is 4. The normalized spacial score (nSPS) is 34.0. The maximum absolute atomic E-state index is 12.4. The molecule has 0 aromatic heterocycles. The molecule has 0 radical (unpaired) electrons. The SMILES string of the molecule is CC1CCCC2(C1)C(=O)NC(=O)N2CCCN1CCCC1. The van der Waals surface area contributed by atoms with Crippen LogP contribution in [0.15, 0.2) is 0 Å². The molecule has 3 fully saturated rings. The van der Waals surface area contributed by atoms with Gasteiger partial charge in [-0.2, -0.15) is 0 Å². The van der Waals surface area contributed by atoms with Crippen molar-refractivity contribution < 1.29 is 9.59 Å². The summed E-state index contributed by atoms with van der Waals surface area (Å²) in [5.41, 5.74) is -0.542. The summed E-state index contributed by atoms with van der Waals surface area (Å²) in [4.78, 5) is 28.8. The van der Waals surface area contributed by atoms with E-state index in [2.05, 4.69) is 17.1 Å². The maximum Gasteiger partial charge on any atom is 0.325 e. The average Bonchev–Trinajstić information content (AvgIpc) is 3.02. The van der Waals surface area contributed by atoms with Gasteiger partial charge in [0, 0.05) is 6.54 Å². The van der Waals surface area contributed by atoms with E-state index in [1.54, 1.807) is 0 Å². The topological polar surface area (TPSA) is 52.7 Å². The number of likely N-dealkylation sites (tertiary alicyclic amines) is 1. The van der Waals surface area contributed by atoms with Crippen molar-refractivity contribution in [1.29, 1.82) is 0 Å². The van der Waals surface area contributed by atoms with Gasteiger partial charge in [0.15, 0.2) is 0 Å². The van der Waals surface area contributed by atoms with Crippen LogP contribution in [0.1, 0.15) is 51.9 Å². The van der Waals surface area contributed by atoms with Crippen molar-refractivity contribution in [2.45, 2.75) is 57.4 Å². The molecule has 5 heteroatoms. The van der Waals surface area contributed by atoms with E-state index >= 15 is 0 Å². The van der Waals surface area contributed by atoms with E-state index in [4.69, 9.17) is 0 Å². The molecule has 21 heavy (non-hydrogen) atoms. The van der Waals surface area contributed by atoms with Crippen LogP contribution in [0.2, 0.25) is 0 Å². The van der Waals surface area contributed by atoms with Gasteiger partial charge in [0.25, 0.3) is 5.91 Å². The second-order valence-corrected chi connectivity index (χ2v) is 7.05. The van der Waals surface area contributed by atoms with Crippen molar-refractivity contribution in [3.63, 3.8) is 0 Å². The molecule has 3 amide bonds. The lowest BCUT2D eigenvalue weighted by Crippen LogP contribution is -2.53. The zero-order valence-electron chi connectivity index (χ0n) is 13.1. The Labute approximate surface area is 127 Å². The van der Waals surface area contributed by atoms with Crippen LogP contribution in [0.5, 0.6) is 0 Å². The first kappa shape index (κ1) is 14.8. The van der Waals surface area contributed by atoms with Crippen LogP contribution in [-0.2, 0) is 4.79 Å². The van der Waals surface area contributed by atoms with Crippen molar-refractivity contribution in [2.75, 3.05) is 26.2 Å². The highest BCUT2D eigenvalue weighted by atomic mass is 16.2. The first-order valence-electron chi connectivity index (χ1n) is 8.47. The highest BCUT2D eigenvalue weighted by Crippen LogP contribution is 2.39. The molecule has 3 aliphatic rings.